The standard InChI is InChI=1S/C22H27N5O/c1-5-16-6-7-20-18(10-16)19(11-21(24-20)17-12-23-26(4)14-17)22(28)27-9-8-25(3)15(2)13-27/h6-7,10-12,14-15H,5,8-9,13H2,1-4H3. The molecule has 0 saturated carbocycles. The second-order valence-electron chi connectivity index (χ2n) is 7.74. The Morgan fingerprint density at radius 1 is 1.21 bits per heavy atom. The molecule has 1 aliphatic rings. The molecule has 1 amide bonds. The molecular weight excluding hydrogens is 350 g/mol. The number of piperazine rings is 1. The number of nitrogens with zero attached hydrogens (tertiary/aromatic N) is 5. The lowest BCUT2D eigenvalue weighted by molar-refractivity contribution is 0.0574. The summed E-state index contributed by atoms with van der Waals surface area (Å²) < 4.78 is 1.75. The maximum atomic E-state index is 13.5. The number of benzene rings is 1. The molecule has 1 aliphatic heterocycles. The molecule has 1 saturated heterocycles. The van der Waals surface area contributed by atoms with E-state index < -0.39 is 0 Å². The van der Waals surface area contributed by atoms with Crippen molar-refractivity contribution in [1.29, 1.82) is 0 Å². The molecule has 1 atom stereocenters. The second-order valence-corrected chi connectivity index (χ2v) is 7.74. The van der Waals surface area contributed by atoms with Gasteiger partial charge in [-0.05, 0) is 44.2 Å². The molecule has 0 radical (unpaired) electrons. The molecule has 3 heterocycles. The zero-order valence-corrected chi connectivity index (χ0v) is 17.0. The zero-order valence-electron chi connectivity index (χ0n) is 17.0. The molecule has 6 nitrogen and oxygen atoms in total. The molecule has 0 aliphatic carbocycles. The van der Waals surface area contributed by atoms with Gasteiger partial charge in [0, 0.05) is 49.9 Å². The Kier molecular flexibility index (Phi) is 4.89. The van der Waals surface area contributed by atoms with E-state index in [9.17, 15) is 4.79 Å². The molecule has 0 bridgehead atoms. The largest absolute Gasteiger partial charge is 0.336 e. The SMILES string of the molecule is CCc1ccc2nc(-c3cnn(C)c3)cc(C(=O)N3CCN(C)C(C)C3)c2c1. The summed E-state index contributed by atoms with van der Waals surface area (Å²) in [6, 6.07) is 8.52. The minimum Gasteiger partial charge on any atom is -0.336 e. The molecule has 1 unspecified atom stereocenters. The van der Waals surface area contributed by atoms with Crippen molar-refractivity contribution in [2.45, 2.75) is 26.3 Å². The van der Waals surface area contributed by atoms with Crippen LogP contribution in [0.15, 0.2) is 36.7 Å². The third-order valence-electron chi connectivity index (χ3n) is 5.76. The van der Waals surface area contributed by atoms with Crippen molar-refractivity contribution in [2.75, 3.05) is 26.7 Å². The fourth-order valence-electron chi connectivity index (χ4n) is 3.77. The number of pyridine rings is 1. The van der Waals surface area contributed by atoms with Crippen molar-refractivity contribution < 1.29 is 4.79 Å². The minimum atomic E-state index is 0.0887. The number of aryl methyl sites for hydroxylation is 2. The van der Waals surface area contributed by atoms with E-state index in [4.69, 9.17) is 4.98 Å². The van der Waals surface area contributed by atoms with Crippen molar-refractivity contribution in [3.63, 3.8) is 0 Å². The predicted molar refractivity (Wildman–Crippen MR) is 111 cm³/mol. The number of likely N-dealkylation sites (N-methyl/N-ethyl adjacent to an activating group) is 1. The summed E-state index contributed by atoms with van der Waals surface area (Å²) in [6.45, 7) is 6.68. The Bertz CT molecular complexity index is 1020. The Morgan fingerprint density at radius 3 is 2.71 bits per heavy atom. The van der Waals surface area contributed by atoms with Crippen LogP contribution in [0.2, 0.25) is 0 Å². The van der Waals surface area contributed by atoms with Crippen LogP contribution < -0.4 is 0 Å². The summed E-state index contributed by atoms with van der Waals surface area (Å²) >= 11 is 0. The summed E-state index contributed by atoms with van der Waals surface area (Å²) in [4.78, 5) is 22.6. The van der Waals surface area contributed by atoms with Gasteiger partial charge in [-0.3, -0.25) is 9.48 Å². The third kappa shape index (κ3) is 3.40. The highest BCUT2D eigenvalue weighted by Crippen LogP contribution is 2.27. The van der Waals surface area contributed by atoms with Gasteiger partial charge in [0.25, 0.3) is 5.91 Å². The third-order valence-corrected chi connectivity index (χ3v) is 5.76. The van der Waals surface area contributed by atoms with Crippen LogP contribution in [0.5, 0.6) is 0 Å². The number of aromatic nitrogens is 3. The first-order chi connectivity index (χ1) is 13.5. The van der Waals surface area contributed by atoms with Crippen molar-refractivity contribution in [2.24, 2.45) is 7.05 Å². The Hall–Kier alpha value is -2.73. The van der Waals surface area contributed by atoms with Gasteiger partial charge in [0.05, 0.1) is 23.0 Å². The van der Waals surface area contributed by atoms with E-state index in [-0.39, 0.29) is 5.91 Å². The van der Waals surface area contributed by atoms with Crippen LogP contribution in [0.3, 0.4) is 0 Å². The topological polar surface area (TPSA) is 54.3 Å². The van der Waals surface area contributed by atoms with Crippen molar-refractivity contribution >= 4 is 16.8 Å². The van der Waals surface area contributed by atoms with Gasteiger partial charge >= 0.3 is 0 Å². The molecule has 28 heavy (non-hydrogen) atoms. The van der Waals surface area contributed by atoms with Gasteiger partial charge < -0.3 is 9.80 Å². The van der Waals surface area contributed by atoms with Crippen molar-refractivity contribution in [3.05, 3.63) is 47.8 Å². The normalized spacial score (nSPS) is 18.0. The maximum absolute atomic E-state index is 13.5. The Morgan fingerprint density at radius 2 is 2.04 bits per heavy atom. The van der Waals surface area contributed by atoms with E-state index >= 15 is 0 Å². The lowest BCUT2D eigenvalue weighted by atomic mass is 10.0. The molecule has 0 N–H and O–H groups in total. The lowest BCUT2D eigenvalue weighted by Gasteiger charge is -2.37. The smallest absolute Gasteiger partial charge is 0.254 e. The van der Waals surface area contributed by atoms with Crippen LogP contribution in [0, 0.1) is 0 Å². The van der Waals surface area contributed by atoms with Crippen LogP contribution in [0.1, 0.15) is 29.8 Å². The highest BCUT2D eigenvalue weighted by Gasteiger charge is 2.27. The Labute approximate surface area is 165 Å². The summed E-state index contributed by atoms with van der Waals surface area (Å²) in [6.07, 6.45) is 4.65. The van der Waals surface area contributed by atoms with E-state index in [0.29, 0.717) is 6.04 Å². The lowest BCUT2D eigenvalue weighted by Crippen LogP contribution is -2.52. The maximum Gasteiger partial charge on any atom is 0.254 e. The van der Waals surface area contributed by atoms with Gasteiger partial charge in [-0.15, -0.1) is 0 Å². The van der Waals surface area contributed by atoms with Crippen LogP contribution in [-0.4, -0.2) is 63.2 Å². The van der Waals surface area contributed by atoms with E-state index in [2.05, 4.69) is 43.0 Å². The monoisotopic (exact) mass is 377 g/mol. The Balaban J connectivity index is 1.83. The summed E-state index contributed by atoms with van der Waals surface area (Å²) in [5.41, 5.74) is 4.50. The number of hydrogen-bond acceptors (Lipinski definition) is 4. The number of amides is 1. The molecule has 1 fully saturated rings. The molecule has 6 heteroatoms. The first-order valence-electron chi connectivity index (χ1n) is 9.88. The fraction of sp³-hybridized carbons (Fsp3) is 0.409. The molecule has 3 aromatic rings. The summed E-state index contributed by atoms with van der Waals surface area (Å²) in [7, 11) is 4.00. The van der Waals surface area contributed by atoms with E-state index in [1.54, 1.807) is 10.9 Å². The van der Waals surface area contributed by atoms with Crippen molar-refractivity contribution in [1.82, 2.24) is 24.6 Å². The molecular formula is C22H27N5O. The fourth-order valence-corrected chi connectivity index (χ4v) is 3.77. The zero-order chi connectivity index (χ0) is 19.8. The van der Waals surface area contributed by atoms with E-state index in [1.807, 2.05) is 30.3 Å². The second kappa shape index (κ2) is 7.36. The van der Waals surface area contributed by atoms with Crippen LogP contribution >= 0.6 is 0 Å². The average molecular weight is 377 g/mol. The van der Waals surface area contributed by atoms with Gasteiger partial charge in [0.15, 0.2) is 0 Å². The highest BCUT2D eigenvalue weighted by atomic mass is 16.2. The molecule has 1 aromatic carbocycles. The van der Waals surface area contributed by atoms with Crippen LogP contribution in [0.25, 0.3) is 22.2 Å². The summed E-state index contributed by atoms with van der Waals surface area (Å²) in [5, 5.41) is 5.19. The summed E-state index contributed by atoms with van der Waals surface area (Å²) in [5.74, 6) is 0.0887. The van der Waals surface area contributed by atoms with E-state index in [0.717, 1.165) is 53.8 Å². The minimum absolute atomic E-state index is 0.0887. The number of fused-ring (bicyclic) bond motifs is 1. The number of carbonyl (C=O) groups is 1. The molecule has 0 spiro atoms. The molecule has 146 valence electrons. The van der Waals surface area contributed by atoms with E-state index in [1.165, 1.54) is 5.56 Å². The number of rotatable bonds is 3. The molecule has 4 rings (SSSR count). The van der Waals surface area contributed by atoms with Crippen LogP contribution in [-0.2, 0) is 13.5 Å². The van der Waals surface area contributed by atoms with Gasteiger partial charge in [-0.1, -0.05) is 13.0 Å². The van der Waals surface area contributed by atoms with Gasteiger partial charge in [-0.25, -0.2) is 4.98 Å². The first kappa shape index (κ1) is 18.6. The van der Waals surface area contributed by atoms with Crippen LogP contribution in [0.4, 0.5) is 0 Å². The van der Waals surface area contributed by atoms with Gasteiger partial charge in [0.2, 0.25) is 0 Å². The first-order valence-corrected chi connectivity index (χ1v) is 9.88. The molecule has 2 aromatic heterocycles. The van der Waals surface area contributed by atoms with Gasteiger partial charge in [-0.2, -0.15) is 5.10 Å². The van der Waals surface area contributed by atoms with Crippen molar-refractivity contribution in [3.8, 4) is 11.3 Å². The highest BCUT2D eigenvalue weighted by molar-refractivity contribution is 6.07. The number of hydrogen-bond donors (Lipinski definition) is 0. The quantitative estimate of drug-likeness (QED) is 0.704. The average Bonchev–Trinajstić information content (AvgIpc) is 3.14. The predicted octanol–water partition coefficient (Wildman–Crippen LogP) is 2.97. The van der Waals surface area contributed by atoms with Gasteiger partial charge in [0.1, 0.15) is 0 Å². The number of carbonyl (C=O) groups excluding carboxylic acids is 1.